The zero-order chi connectivity index (χ0) is 19.7. The molecule has 0 radical (unpaired) electrons. The molecule has 0 saturated carbocycles. The fraction of sp³-hybridized carbons (Fsp3) is 0.353. The highest BCUT2D eigenvalue weighted by atomic mass is 19.4. The van der Waals surface area contributed by atoms with Gasteiger partial charge in [0.15, 0.2) is 5.75 Å². The van der Waals surface area contributed by atoms with Crippen molar-refractivity contribution in [1.82, 2.24) is 10.3 Å². The first-order valence-electron chi connectivity index (χ1n) is 8.02. The molecule has 0 bridgehead atoms. The van der Waals surface area contributed by atoms with E-state index in [0.29, 0.717) is 37.9 Å². The van der Waals surface area contributed by atoms with Crippen LogP contribution >= 0.6 is 0 Å². The van der Waals surface area contributed by atoms with E-state index in [0.717, 1.165) is 24.4 Å². The zero-order valence-electron chi connectivity index (χ0n) is 13.9. The van der Waals surface area contributed by atoms with Gasteiger partial charge in [0, 0.05) is 38.4 Å². The molecule has 2 aromatic rings. The Balaban J connectivity index is 1.98. The lowest BCUT2D eigenvalue weighted by Crippen LogP contribution is -2.43. The summed E-state index contributed by atoms with van der Waals surface area (Å²) in [5, 5.41) is 3.11. The summed E-state index contributed by atoms with van der Waals surface area (Å²) < 4.78 is 83.1. The van der Waals surface area contributed by atoms with Crippen molar-refractivity contribution in [2.45, 2.75) is 12.4 Å². The van der Waals surface area contributed by atoms with Gasteiger partial charge in [-0.3, -0.25) is 0 Å². The van der Waals surface area contributed by atoms with Gasteiger partial charge in [-0.15, -0.1) is 0 Å². The average Bonchev–Trinajstić information content (AvgIpc) is 2.61. The summed E-state index contributed by atoms with van der Waals surface area (Å²) in [6.45, 7) is 2.31. The smallest absolute Gasteiger partial charge is 0.416 e. The molecule has 0 atom stereocenters. The van der Waals surface area contributed by atoms with E-state index in [1.807, 2.05) is 0 Å². The number of nitrogens with zero attached hydrogens (tertiary/aromatic N) is 2. The van der Waals surface area contributed by atoms with Crippen LogP contribution < -0.4 is 15.0 Å². The summed E-state index contributed by atoms with van der Waals surface area (Å²) in [7, 11) is 0. The van der Waals surface area contributed by atoms with Crippen LogP contribution in [0, 0.1) is 0 Å². The molecule has 0 spiro atoms. The SMILES string of the molecule is FC(F)(F)c1ccnc(Oc2cc(C(F)(F)F)ccc2N2CCNCC2)c1. The Morgan fingerprint density at radius 1 is 0.889 bits per heavy atom. The summed E-state index contributed by atoms with van der Waals surface area (Å²) >= 11 is 0. The first-order valence-corrected chi connectivity index (χ1v) is 8.02. The molecule has 1 fully saturated rings. The van der Waals surface area contributed by atoms with Gasteiger partial charge in [0.05, 0.1) is 16.8 Å². The summed E-state index contributed by atoms with van der Waals surface area (Å²) in [4.78, 5) is 5.50. The molecule has 146 valence electrons. The summed E-state index contributed by atoms with van der Waals surface area (Å²) in [6.07, 6.45) is -8.33. The number of aromatic nitrogens is 1. The predicted octanol–water partition coefficient (Wildman–Crippen LogP) is 4.32. The minimum absolute atomic E-state index is 0.196. The third kappa shape index (κ3) is 4.62. The monoisotopic (exact) mass is 391 g/mol. The van der Waals surface area contributed by atoms with Crippen molar-refractivity contribution in [3.05, 3.63) is 47.7 Å². The van der Waals surface area contributed by atoms with E-state index in [1.54, 1.807) is 4.90 Å². The fourth-order valence-corrected chi connectivity index (χ4v) is 2.69. The summed E-state index contributed by atoms with van der Waals surface area (Å²) in [5.41, 5.74) is -1.59. The second-order valence-corrected chi connectivity index (χ2v) is 5.90. The fourth-order valence-electron chi connectivity index (χ4n) is 2.69. The molecule has 1 aromatic carbocycles. The van der Waals surface area contributed by atoms with Crippen LogP contribution in [0.1, 0.15) is 11.1 Å². The minimum Gasteiger partial charge on any atom is -0.437 e. The lowest BCUT2D eigenvalue weighted by Gasteiger charge is -2.31. The standard InChI is InChI=1S/C17H15F6N3O/c18-16(19,20)11-1-2-13(26-7-5-24-6-8-26)14(9-11)27-15-10-12(3-4-25-15)17(21,22)23/h1-4,9-10,24H,5-8H2. The maximum Gasteiger partial charge on any atom is 0.416 e. The molecule has 4 nitrogen and oxygen atoms in total. The highest BCUT2D eigenvalue weighted by Gasteiger charge is 2.33. The number of nitrogens with one attached hydrogen (secondary N) is 1. The Bertz CT molecular complexity index is 800. The number of hydrogen-bond acceptors (Lipinski definition) is 4. The van der Waals surface area contributed by atoms with Gasteiger partial charge in [0.25, 0.3) is 0 Å². The van der Waals surface area contributed by atoms with Gasteiger partial charge < -0.3 is 15.0 Å². The van der Waals surface area contributed by atoms with Crippen molar-refractivity contribution in [1.29, 1.82) is 0 Å². The number of rotatable bonds is 3. The van der Waals surface area contributed by atoms with E-state index in [4.69, 9.17) is 4.74 Å². The van der Waals surface area contributed by atoms with Crippen molar-refractivity contribution in [2.24, 2.45) is 0 Å². The first kappa shape index (κ1) is 19.3. The number of piperazine rings is 1. The maximum atomic E-state index is 13.1. The van der Waals surface area contributed by atoms with Gasteiger partial charge in [-0.2, -0.15) is 26.3 Å². The summed E-state index contributed by atoms with van der Waals surface area (Å²) in [6, 6.07) is 4.37. The number of halogens is 6. The number of alkyl halides is 6. The van der Waals surface area contributed by atoms with Gasteiger partial charge in [-0.05, 0) is 24.3 Å². The van der Waals surface area contributed by atoms with Crippen molar-refractivity contribution >= 4 is 5.69 Å². The lowest BCUT2D eigenvalue weighted by molar-refractivity contribution is -0.138. The van der Waals surface area contributed by atoms with E-state index >= 15 is 0 Å². The van der Waals surface area contributed by atoms with Gasteiger partial charge in [0.1, 0.15) is 0 Å². The molecule has 1 aliphatic heterocycles. The Hall–Kier alpha value is -2.49. The van der Waals surface area contributed by atoms with Gasteiger partial charge >= 0.3 is 12.4 Å². The number of benzene rings is 1. The lowest BCUT2D eigenvalue weighted by atomic mass is 10.1. The van der Waals surface area contributed by atoms with Crippen LogP contribution in [0.2, 0.25) is 0 Å². The van der Waals surface area contributed by atoms with E-state index in [9.17, 15) is 26.3 Å². The first-order chi connectivity index (χ1) is 12.6. The Morgan fingerprint density at radius 2 is 1.52 bits per heavy atom. The number of anilines is 1. The normalized spacial score (nSPS) is 15.7. The molecule has 2 heterocycles. The Kier molecular flexibility index (Phi) is 5.18. The van der Waals surface area contributed by atoms with Crippen molar-refractivity contribution in [2.75, 3.05) is 31.1 Å². The van der Waals surface area contributed by atoms with Crippen molar-refractivity contribution in [3.63, 3.8) is 0 Å². The Labute approximate surface area is 150 Å². The largest absolute Gasteiger partial charge is 0.437 e. The topological polar surface area (TPSA) is 37.4 Å². The molecule has 0 unspecified atom stereocenters. The van der Waals surface area contributed by atoms with Gasteiger partial charge in [-0.25, -0.2) is 4.98 Å². The van der Waals surface area contributed by atoms with Crippen LogP contribution in [-0.2, 0) is 12.4 Å². The van der Waals surface area contributed by atoms with Crippen LogP contribution in [0.5, 0.6) is 11.6 Å². The van der Waals surface area contributed by atoms with Gasteiger partial charge in [0.2, 0.25) is 5.88 Å². The highest BCUT2D eigenvalue weighted by molar-refractivity contribution is 5.61. The summed E-state index contributed by atoms with van der Waals surface area (Å²) in [5.74, 6) is -0.626. The molecule has 1 aliphatic rings. The van der Waals surface area contributed by atoms with Crippen molar-refractivity contribution < 1.29 is 31.1 Å². The zero-order valence-corrected chi connectivity index (χ0v) is 13.9. The van der Waals surface area contributed by atoms with Gasteiger partial charge in [-0.1, -0.05) is 0 Å². The molecule has 1 saturated heterocycles. The molecule has 0 aliphatic carbocycles. The number of hydrogen-bond donors (Lipinski definition) is 1. The molecular weight excluding hydrogens is 376 g/mol. The second kappa shape index (κ2) is 7.26. The average molecular weight is 391 g/mol. The van der Waals surface area contributed by atoms with Crippen LogP contribution in [0.4, 0.5) is 32.0 Å². The molecule has 10 heteroatoms. The number of ether oxygens (including phenoxy) is 1. The molecule has 3 rings (SSSR count). The third-order valence-corrected chi connectivity index (χ3v) is 4.02. The van der Waals surface area contributed by atoms with Crippen LogP contribution in [0.3, 0.4) is 0 Å². The molecule has 0 amide bonds. The quantitative estimate of drug-likeness (QED) is 0.791. The number of pyridine rings is 1. The van der Waals surface area contributed by atoms with Crippen LogP contribution in [0.25, 0.3) is 0 Å². The van der Waals surface area contributed by atoms with E-state index < -0.39 is 29.4 Å². The highest BCUT2D eigenvalue weighted by Crippen LogP contribution is 2.39. The molecular formula is C17H15F6N3O. The van der Waals surface area contributed by atoms with Crippen LogP contribution in [-0.4, -0.2) is 31.2 Å². The van der Waals surface area contributed by atoms with E-state index in [2.05, 4.69) is 10.3 Å². The molecule has 1 aromatic heterocycles. The van der Waals surface area contributed by atoms with Crippen LogP contribution in [0.15, 0.2) is 36.5 Å². The van der Waals surface area contributed by atoms with E-state index in [1.165, 1.54) is 6.07 Å². The molecule has 27 heavy (non-hydrogen) atoms. The Morgan fingerprint density at radius 3 is 2.15 bits per heavy atom. The molecule has 1 N–H and O–H groups in total. The second-order valence-electron chi connectivity index (χ2n) is 5.90. The maximum absolute atomic E-state index is 13.1. The predicted molar refractivity (Wildman–Crippen MR) is 85.8 cm³/mol. The minimum atomic E-state index is -4.61. The third-order valence-electron chi connectivity index (χ3n) is 4.02. The van der Waals surface area contributed by atoms with E-state index in [-0.39, 0.29) is 5.75 Å². The van der Waals surface area contributed by atoms with Crippen molar-refractivity contribution in [3.8, 4) is 11.6 Å².